The van der Waals surface area contributed by atoms with Gasteiger partial charge in [-0.25, -0.2) is 0 Å². The molecule has 0 aliphatic rings. The fourth-order valence-corrected chi connectivity index (χ4v) is 2.12. The summed E-state index contributed by atoms with van der Waals surface area (Å²) in [7, 11) is 0. The van der Waals surface area contributed by atoms with E-state index in [9.17, 15) is 0 Å². The van der Waals surface area contributed by atoms with Crippen LogP contribution in [0.4, 0.5) is 0 Å². The summed E-state index contributed by atoms with van der Waals surface area (Å²) < 4.78 is 0. The smallest absolute Gasteiger partial charge is 0.662 e. The van der Waals surface area contributed by atoms with Gasteiger partial charge in [0.15, 0.2) is 0 Å². The van der Waals surface area contributed by atoms with E-state index in [1.807, 2.05) is 0 Å². The van der Waals surface area contributed by atoms with Gasteiger partial charge in [0.25, 0.3) is 0 Å². The Balaban J connectivity index is -0.000000333. The minimum Gasteiger partial charge on any atom is -0.662 e. The predicted octanol–water partition coefficient (Wildman–Crippen LogP) is 7.10. The Bertz CT molecular complexity index is 132. The van der Waals surface area contributed by atoms with Crippen molar-refractivity contribution in [1.29, 1.82) is 0 Å². The molecule has 0 unspecified atom stereocenters. The Morgan fingerprint density at radius 2 is 0.609 bits per heavy atom. The molecule has 0 aliphatic carbocycles. The maximum Gasteiger partial charge on any atom is 2.00 e. The minimum atomic E-state index is 0. The first-order valence-corrected chi connectivity index (χ1v) is 10.1. The van der Waals surface area contributed by atoms with Crippen molar-refractivity contribution in [3.05, 3.63) is 10.6 Å². The van der Waals surface area contributed by atoms with Gasteiger partial charge in [-0.15, -0.1) is 26.2 Å². The van der Waals surface area contributed by atoms with Gasteiger partial charge in [-0.05, 0) is 0 Å². The second-order valence-corrected chi connectivity index (χ2v) is 6.17. The Labute approximate surface area is 185 Å². The van der Waals surface area contributed by atoms with Crippen LogP contribution in [0.5, 0.6) is 0 Å². The van der Waals surface area contributed by atoms with Gasteiger partial charge in [0.05, 0.1) is 0 Å². The first-order valence-electron chi connectivity index (χ1n) is 10.1. The van der Waals surface area contributed by atoms with Crippen LogP contribution in [0, 0.1) is 0 Å². The zero-order valence-electron chi connectivity index (χ0n) is 16.9. The normalized spacial score (nSPS) is 9.91. The van der Waals surface area contributed by atoms with Crippen molar-refractivity contribution in [2.24, 2.45) is 0 Å². The third-order valence-electron chi connectivity index (χ3n) is 3.68. The first-order chi connectivity index (χ1) is 10.8. The van der Waals surface area contributed by atoms with Crippen LogP contribution in [0.2, 0.25) is 0 Å². The first kappa shape index (κ1) is 29.2. The molecule has 0 aliphatic heterocycles. The van der Waals surface area contributed by atoms with Crippen molar-refractivity contribution < 1.29 is 0 Å². The van der Waals surface area contributed by atoms with Crippen LogP contribution in [-0.2, 0) is 0 Å². The number of unbranched alkanes of at least 4 members (excludes halogenated alkanes) is 8. The molecule has 0 N–H and O–H groups in total. The molecule has 0 fully saturated rings. The summed E-state index contributed by atoms with van der Waals surface area (Å²) in [5.41, 5.74) is 0. The molecule has 0 radical (unpaired) electrons. The molecular formula is C20H44N2Sr. The quantitative estimate of drug-likeness (QED) is 0.195. The molecule has 0 aromatic heterocycles. The number of rotatable bonds is 16. The van der Waals surface area contributed by atoms with Crippen LogP contribution in [-0.4, -0.2) is 71.7 Å². The van der Waals surface area contributed by atoms with Gasteiger partial charge in [0.2, 0.25) is 0 Å². The standard InChI is InChI=1S/2C10H22N.Sr/c2*1-3-5-7-9-11-10-8-6-4-2;/h2*3-10H2,1-2H3;/q2*-1;+2. The minimum absolute atomic E-state index is 0. The summed E-state index contributed by atoms with van der Waals surface area (Å²) in [6.07, 6.45) is 15.8. The summed E-state index contributed by atoms with van der Waals surface area (Å²) in [6.45, 7) is 13.3. The van der Waals surface area contributed by atoms with Crippen molar-refractivity contribution >= 4 is 45.5 Å². The van der Waals surface area contributed by atoms with Gasteiger partial charge in [-0.2, -0.15) is 0 Å². The van der Waals surface area contributed by atoms with Crippen LogP contribution in [0.1, 0.15) is 105 Å². The van der Waals surface area contributed by atoms with Gasteiger partial charge >= 0.3 is 45.5 Å². The van der Waals surface area contributed by atoms with Gasteiger partial charge in [-0.3, -0.25) is 0 Å². The predicted molar refractivity (Wildman–Crippen MR) is 110 cm³/mol. The molecular weight excluding hydrogens is 356 g/mol. The third-order valence-corrected chi connectivity index (χ3v) is 3.68. The summed E-state index contributed by atoms with van der Waals surface area (Å²) >= 11 is 0. The molecule has 0 spiro atoms. The Hall–Kier alpha value is 1.40. The van der Waals surface area contributed by atoms with E-state index >= 15 is 0 Å². The average Bonchev–Trinajstić information content (AvgIpc) is 2.54. The molecule has 0 bridgehead atoms. The maximum absolute atomic E-state index is 4.45. The molecule has 2 nitrogen and oxygen atoms in total. The van der Waals surface area contributed by atoms with E-state index in [0.29, 0.717) is 0 Å². The number of nitrogens with zero attached hydrogens (tertiary/aromatic N) is 2. The van der Waals surface area contributed by atoms with Crippen LogP contribution < -0.4 is 0 Å². The zero-order valence-corrected chi connectivity index (χ0v) is 20.4. The zero-order chi connectivity index (χ0) is 16.7. The average molecular weight is 400 g/mol. The fourth-order valence-electron chi connectivity index (χ4n) is 2.12. The maximum atomic E-state index is 4.45. The summed E-state index contributed by atoms with van der Waals surface area (Å²) in [5, 5.41) is 8.89. The molecule has 0 aromatic rings. The van der Waals surface area contributed by atoms with Crippen molar-refractivity contribution in [3.8, 4) is 0 Å². The number of hydrogen-bond donors (Lipinski definition) is 0. The fraction of sp³-hybridized carbons (Fsp3) is 1.00. The molecule has 23 heavy (non-hydrogen) atoms. The molecule has 0 rings (SSSR count). The summed E-state index contributed by atoms with van der Waals surface area (Å²) in [4.78, 5) is 0. The molecule has 0 saturated heterocycles. The van der Waals surface area contributed by atoms with Crippen LogP contribution in [0.3, 0.4) is 0 Å². The van der Waals surface area contributed by atoms with E-state index in [1.165, 1.54) is 77.0 Å². The van der Waals surface area contributed by atoms with Gasteiger partial charge in [0, 0.05) is 0 Å². The summed E-state index contributed by atoms with van der Waals surface area (Å²) in [5.74, 6) is 0. The molecule has 0 saturated carbocycles. The van der Waals surface area contributed by atoms with Gasteiger partial charge < -0.3 is 10.6 Å². The van der Waals surface area contributed by atoms with E-state index in [-0.39, 0.29) is 45.5 Å². The Kier molecular flexibility index (Phi) is 39.6. The van der Waals surface area contributed by atoms with Crippen molar-refractivity contribution in [2.45, 2.75) is 105 Å². The van der Waals surface area contributed by atoms with Crippen LogP contribution >= 0.6 is 0 Å². The SMILES string of the molecule is CCCCC[N-]CCCCC.CCCCC[N-]CCCCC.[Sr+2]. The van der Waals surface area contributed by atoms with Crippen molar-refractivity contribution in [1.82, 2.24) is 0 Å². The van der Waals surface area contributed by atoms with Crippen molar-refractivity contribution in [2.75, 3.05) is 26.2 Å². The summed E-state index contributed by atoms with van der Waals surface area (Å²) in [6, 6.07) is 0. The monoisotopic (exact) mass is 400 g/mol. The molecule has 136 valence electrons. The van der Waals surface area contributed by atoms with E-state index < -0.39 is 0 Å². The van der Waals surface area contributed by atoms with E-state index in [4.69, 9.17) is 0 Å². The van der Waals surface area contributed by atoms with E-state index in [1.54, 1.807) is 0 Å². The third kappa shape index (κ3) is 35.4. The molecule has 0 atom stereocenters. The van der Waals surface area contributed by atoms with E-state index in [2.05, 4.69) is 38.3 Å². The Morgan fingerprint density at radius 1 is 0.391 bits per heavy atom. The van der Waals surface area contributed by atoms with Crippen molar-refractivity contribution in [3.63, 3.8) is 0 Å². The largest absolute Gasteiger partial charge is 2.00 e. The molecule has 0 aromatic carbocycles. The topological polar surface area (TPSA) is 28.2 Å². The van der Waals surface area contributed by atoms with E-state index in [0.717, 1.165) is 26.2 Å². The molecule has 0 heterocycles. The second-order valence-electron chi connectivity index (χ2n) is 6.17. The van der Waals surface area contributed by atoms with Gasteiger partial charge in [0.1, 0.15) is 0 Å². The second kappa shape index (κ2) is 31.2. The molecule has 3 heteroatoms. The number of hydrogen-bond acceptors (Lipinski definition) is 0. The van der Waals surface area contributed by atoms with Crippen LogP contribution in [0.15, 0.2) is 0 Å². The van der Waals surface area contributed by atoms with Gasteiger partial charge in [-0.1, -0.05) is 105 Å². The van der Waals surface area contributed by atoms with Crippen LogP contribution in [0.25, 0.3) is 10.6 Å². The molecule has 0 amide bonds. The Morgan fingerprint density at radius 3 is 0.783 bits per heavy atom.